The van der Waals surface area contributed by atoms with Crippen LogP contribution in [0, 0.1) is 0 Å². The molecule has 0 aliphatic heterocycles. The summed E-state index contributed by atoms with van der Waals surface area (Å²) in [6.07, 6.45) is 0.461. The fourth-order valence-electron chi connectivity index (χ4n) is 0.334. The highest BCUT2D eigenvalue weighted by atomic mass is 16.5. The fraction of sp³-hybridized carbons (Fsp3) is 1.00. The molecule has 0 bridgehead atoms. The van der Waals surface area contributed by atoms with Crippen LogP contribution < -0.4 is 5.73 Å². The Morgan fingerprint density at radius 3 is 2.75 bits per heavy atom. The molecule has 0 amide bonds. The third-order valence-electron chi connectivity index (χ3n) is 0.683. The van der Waals surface area contributed by atoms with E-state index in [2.05, 4.69) is 0 Å². The quantitative estimate of drug-likeness (QED) is 0.394. The van der Waals surface area contributed by atoms with Crippen molar-refractivity contribution in [3.8, 4) is 0 Å². The average Bonchev–Trinajstić information content (AvgIpc) is 1.66. The van der Waals surface area contributed by atoms with Crippen molar-refractivity contribution in [3.05, 3.63) is 0 Å². The van der Waals surface area contributed by atoms with Crippen LogP contribution in [0.4, 0.5) is 0 Å². The van der Waals surface area contributed by atoms with Gasteiger partial charge in [-0.1, -0.05) is 0 Å². The summed E-state index contributed by atoms with van der Waals surface area (Å²) in [6, 6.07) is 0. The number of hydrogen-bond acceptors (Lipinski definition) is 3. The predicted molar refractivity (Wildman–Crippen MR) is 31.3 cm³/mol. The zero-order valence-electron chi connectivity index (χ0n) is 5.13. The van der Waals surface area contributed by atoms with Crippen molar-refractivity contribution in [1.82, 2.24) is 0 Å². The minimum Gasteiger partial charge on any atom is -0.396 e. The summed E-state index contributed by atoms with van der Waals surface area (Å²) in [5, 5.41) is 8.26. The summed E-state index contributed by atoms with van der Waals surface area (Å²) >= 11 is 0. The van der Waals surface area contributed by atoms with E-state index in [9.17, 15) is 0 Å². The van der Waals surface area contributed by atoms with Crippen LogP contribution in [-0.4, -0.2) is 24.5 Å². The van der Waals surface area contributed by atoms with E-state index in [-0.39, 0.29) is 12.8 Å². The SMILES string of the molecule is CC(N)OCCCO. The van der Waals surface area contributed by atoms with E-state index < -0.39 is 0 Å². The van der Waals surface area contributed by atoms with Crippen LogP contribution in [0.5, 0.6) is 0 Å². The lowest BCUT2D eigenvalue weighted by Gasteiger charge is -2.04. The normalized spacial score (nSPS) is 13.9. The Bertz CT molecular complexity index is 47.7. The summed E-state index contributed by atoms with van der Waals surface area (Å²) in [7, 11) is 0. The maximum absolute atomic E-state index is 8.26. The maximum Gasteiger partial charge on any atom is 0.102 e. The van der Waals surface area contributed by atoms with Gasteiger partial charge in [0.25, 0.3) is 0 Å². The van der Waals surface area contributed by atoms with Crippen molar-refractivity contribution < 1.29 is 9.84 Å². The third-order valence-corrected chi connectivity index (χ3v) is 0.683. The fourth-order valence-corrected chi connectivity index (χ4v) is 0.334. The molecule has 0 heterocycles. The van der Waals surface area contributed by atoms with E-state index >= 15 is 0 Å². The van der Waals surface area contributed by atoms with Crippen molar-refractivity contribution in [2.75, 3.05) is 13.2 Å². The van der Waals surface area contributed by atoms with Gasteiger partial charge in [0.05, 0.1) is 6.61 Å². The van der Waals surface area contributed by atoms with Gasteiger partial charge in [0, 0.05) is 6.61 Å². The number of hydrogen-bond donors (Lipinski definition) is 2. The molecule has 0 aliphatic rings. The van der Waals surface area contributed by atoms with E-state index in [0.717, 1.165) is 0 Å². The molecular weight excluding hydrogens is 106 g/mol. The average molecular weight is 119 g/mol. The predicted octanol–water partition coefficient (Wildman–Crippen LogP) is -0.310. The number of rotatable bonds is 4. The van der Waals surface area contributed by atoms with Crippen LogP contribution in [-0.2, 0) is 4.74 Å². The van der Waals surface area contributed by atoms with Gasteiger partial charge in [0.1, 0.15) is 6.23 Å². The standard InChI is InChI=1S/C5H13NO2/c1-5(6)8-4-2-3-7/h5,7H,2-4,6H2,1H3. The molecule has 0 saturated heterocycles. The molecule has 0 saturated carbocycles. The van der Waals surface area contributed by atoms with Gasteiger partial charge in [0.2, 0.25) is 0 Å². The molecule has 8 heavy (non-hydrogen) atoms. The molecular formula is C5H13NO2. The summed E-state index contributed by atoms with van der Waals surface area (Å²) < 4.78 is 4.90. The van der Waals surface area contributed by atoms with Crippen LogP contribution in [0.25, 0.3) is 0 Å². The minimum atomic E-state index is -0.207. The van der Waals surface area contributed by atoms with E-state index in [4.69, 9.17) is 15.6 Å². The summed E-state index contributed by atoms with van der Waals surface area (Å²) in [4.78, 5) is 0. The molecule has 3 heteroatoms. The second kappa shape index (κ2) is 5.03. The van der Waals surface area contributed by atoms with Crippen LogP contribution in [0.2, 0.25) is 0 Å². The van der Waals surface area contributed by atoms with Gasteiger partial charge >= 0.3 is 0 Å². The summed E-state index contributed by atoms with van der Waals surface area (Å²) in [5.74, 6) is 0. The van der Waals surface area contributed by atoms with Crippen LogP contribution >= 0.6 is 0 Å². The number of nitrogens with two attached hydrogens (primary N) is 1. The zero-order valence-corrected chi connectivity index (χ0v) is 5.13. The first-order valence-electron chi connectivity index (χ1n) is 2.75. The molecule has 0 rings (SSSR count). The molecule has 3 N–H and O–H groups in total. The van der Waals surface area contributed by atoms with Gasteiger partial charge in [-0.2, -0.15) is 0 Å². The van der Waals surface area contributed by atoms with E-state index in [0.29, 0.717) is 13.0 Å². The second-order valence-corrected chi connectivity index (χ2v) is 1.65. The molecule has 0 aromatic heterocycles. The molecule has 0 fully saturated rings. The third kappa shape index (κ3) is 5.88. The summed E-state index contributed by atoms with van der Waals surface area (Å²) in [5.41, 5.74) is 5.23. The number of ether oxygens (including phenoxy) is 1. The molecule has 3 nitrogen and oxygen atoms in total. The lowest BCUT2D eigenvalue weighted by atomic mass is 10.5. The van der Waals surface area contributed by atoms with Gasteiger partial charge in [-0.25, -0.2) is 0 Å². The lowest BCUT2D eigenvalue weighted by molar-refractivity contribution is 0.0600. The molecule has 0 radical (unpaired) electrons. The zero-order chi connectivity index (χ0) is 6.41. The van der Waals surface area contributed by atoms with Crippen molar-refractivity contribution in [2.24, 2.45) is 5.73 Å². The van der Waals surface area contributed by atoms with E-state index in [1.165, 1.54) is 0 Å². The molecule has 0 aromatic carbocycles. The Morgan fingerprint density at radius 1 is 1.75 bits per heavy atom. The minimum absolute atomic E-state index is 0.173. The molecule has 0 aromatic rings. The number of aliphatic hydroxyl groups excluding tert-OH is 1. The molecule has 1 atom stereocenters. The van der Waals surface area contributed by atoms with E-state index in [1.807, 2.05) is 0 Å². The molecule has 0 spiro atoms. The van der Waals surface area contributed by atoms with Crippen LogP contribution in [0.15, 0.2) is 0 Å². The smallest absolute Gasteiger partial charge is 0.102 e. The lowest BCUT2D eigenvalue weighted by Crippen LogP contribution is -2.19. The Morgan fingerprint density at radius 2 is 2.38 bits per heavy atom. The molecule has 50 valence electrons. The number of aliphatic hydroxyl groups is 1. The Hall–Kier alpha value is -0.120. The van der Waals surface area contributed by atoms with Crippen LogP contribution in [0.1, 0.15) is 13.3 Å². The Labute approximate surface area is 49.4 Å². The first-order chi connectivity index (χ1) is 3.77. The van der Waals surface area contributed by atoms with Crippen molar-refractivity contribution in [1.29, 1.82) is 0 Å². The van der Waals surface area contributed by atoms with Crippen molar-refractivity contribution >= 4 is 0 Å². The first kappa shape index (κ1) is 7.88. The monoisotopic (exact) mass is 119 g/mol. The van der Waals surface area contributed by atoms with Gasteiger partial charge in [-0.05, 0) is 13.3 Å². The second-order valence-electron chi connectivity index (χ2n) is 1.65. The van der Waals surface area contributed by atoms with Gasteiger partial charge in [-0.3, -0.25) is 0 Å². The Kier molecular flexibility index (Phi) is 4.95. The van der Waals surface area contributed by atoms with Gasteiger partial charge < -0.3 is 15.6 Å². The molecule has 0 aliphatic carbocycles. The Balaban J connectivity index is 2.72. The van der Waals surface area contributed by atoms with E-state index in [1.54, 1.807) is 6.92 Å². The largest absolute Gasteiger partial charge is 0.396 e. The highest BCUT2D eigenvalue weighted by Gasteiger charge is 1.89. The highest BCUT2D eigenvalue weighted by Crippen LogP contribution is 1.82. The molecule has 1 unspecified atom stereocenters. The summed E-state index contributed by atoms with van der Waals surface area (Å²) in [6.45, 7) is 2.48. The maximum atomic E-state index is 8.26. The van der Waals surface area contributed by atoms with Gasteiger partial charge in [-0.15, -0.1) is 0 Å². The van der Waals surface area contributed by atoms with Gasteiger partial charge in [0.15, 0.2) is 0 Å². The van der Waals surface area contributed by atoms with Crippen molar-refractivity contribution in [2.45, 2.75) is 19.6 Å². The van der Waals surface area contributed by atoms with Crippen LogP contribution in [0.3, 0.4) is 0 Å². The van der Waals surface area contributed by atoms with Crippen molar-refractivity contribution in [3.63, 3.8) is 0 Å². The topological polar surface area (TPSA) is 55.5 Å². The highest BCUT2D eigenvalue weighted by molar-refractivity contribution is 4.34. The first-order valence-corrected chi connectivity index (χ1v) is 2.75.